The standard InChI is InChI=1S/C14H16N2O3/c17-12-7-6-11-13(18)15-10(14(19)16(11)12)8-9-4-2-1-3-5-9/h1-5,10-12,17H,6-8H2,(H,15,18)/t10-,11-,12-/m0/s1. The van der Waals surface area contributed by atoms with Crippen LogP contribution in [-0.2, 0) is 16.0 Å². The largest absolute Gasteiger partial charge is 0.373 e. The number of carbonyl (C=O) groups is 2. The first-order valence-electron chi connectivity index (χ1n) is 6.51. The molecule has 2 N–H and O–H groups in total. The number of nitrogens with zero attached hydrogens (tertiary/aromatic N) is 1. The monoisotopic (exact) mass is 260 g/mol. The molecule has 5 heteroatoms. The number of piperazine rings is 1. The molecule has 5 nitrogen and oxygen atoms in total. The Bertz CT molecular complexity index is 503. The molecule has 1 aromatic rings. The molecule has 0 aliphatic carbocycles. The number of fused-ring (bicyclic) bond motifs is 1. The van der Waals surface area contributed by atoms with Gasteiger partial charge in [-0.1, -0.05) is 30.3 Å². The van der Waals surface area contributed by atoms with E-state index in [1.807, 2.05) is 30.3 Å². The number of rotatable bonds is 2. The zero-order valence-corrected chi connectivity index (χ0v) is 10.5. The number of aliphatic hydroxyl groups is 1. The van der Waals surface area contributed by atoms with Crippen molar-refractivity contribution >= 4 is 11.8 Å². The summed E-state index contributed by atoms with van der Waals surface area (Å²) >= 11 is 0. The van der Waals surface area contributed by atoms with Crippen LogP contribution in [-0.4, -0.2) is 40.1 Å². The van der Waals surface area contributed by atoms with Gasteiger partial charge in [-0.15, -0.1) is 0 Å². The van der Waals surface area contributed by atoms with Crippen LogP contribution in [0.3, 0.4) is 0 Å². The fraction of sp³-hybridized carbons (Fsp3) is 0.429. The third-order valence-corrected chi connectivity index (χ3v) is 3.81. The van der Waals surface area contributed by atoms with E-state index in [2.05, 4.69) is 5.32 Å². The molecule has 2 aliphatic heterocycles. The number of carbonyl (C=O) groups excluding carboxylic acids is 2. The van der Waals surface area contributed by atoms with E-state index in [4.69, 9.17) is 0 Å². The quantitative estimate of drug-likeness (QED) is 0.788. The minimum atomic E-state index is -0.818. The van der Waals surface area contributed by atoms with Gasteiger partial charge in [-0.05, 0) is 18.4 Å². The molecule has 2 fully saturated rings. The number of hydrogen-bond acceptors (Lipinski definition) is 3. The highest BCUT2D eigenvalue weighted by Gasteiger charge is 2.46. The van der Waals surface area contributed by atoms with E-state index >= 15 is 0 Å². The lowest BCUT2D eigenvalue weighted by Gasteiger charge is -2.36. The lowest BCUT2D eigenvalue weighted by atomic mass is 10.0. The first kappa shape index (κ1) is 12.2. The Labute approximate surface area is 111 Å². The second-order valence-corrected chi connectivity index (χ2v) is 5.07. The molecule has 2 saturated heterocycles. The molecular weight excluding hydrogens is 244 g/mol. The zero-order valence-electron chi connectivity index (χ0n) is 10.5. The number of aliphatic hydroxyl groups excluding tert-OH is 1. The lowest BCUT2D eigenvalue weighted by Crippen LogP contribution is -2.63. The smallest absolute Gasteiger partial charge is 0.248 e. The second-order valence-electron chi connectivity index (χ2n) is 5.07. The Kier molecular flexibility index (Phi) is 2.98. The van der Waals surface area contributed by atoms with Crippen LogP contribution in [0.25, 0.3) is 0 Å². The molecule has 0 spiro atoms. The van der Waals surface area contributed by atoms with Gasteiger partial charge in [0.05, 0.1) is 0 Å². The third kappa shape index (κ3) is 2.10. The van der Waals surface area contributed by atoms with Crippen molar-refractivity contribution in [2.24, 2.45) is 0 Å². The summed E-state index contributed by atoms with van der Waals surface area (Å²) in [6.07, 6.45) is 0.654. The molecule has 0 unspecified atom stereocenters. The van der Waals surface area contributed by atoms with Crippen LogP contribution in [0.15, 0.2) is 30.3 Å². The molecule has 0 aromatic heterocycles. The molecule has 19 heavy (non-hydrogen) atoms. The molecule has 100 valence electrons. The second kappa shape index (κ2) is 4.66. The summed E-state index contributed by atoms with van der Waals surface area (Å²) < 4.78 is 0. The molecule has 3 rings (SSSR count). The van der Waals surface area contributed by atoms with Gasteiger partial charge >= 0.3 is 0 Å². The van der Waals surface area contributed by atoms with Gasteiger partial charge in [0.25, 0.3) is 0 Å². The molecule has 3 atom stereocenters. The van der Waals surface area contributed by atoms with E-state index in [0.717, 1.165) is 5.56 Å². The molecular formula is C14H16N2O3. The minimum Gasteiger partial charge on any atom is -0.373 e. The van der Waals surface area contributed by atoms with E-state index in [0.29, 0.717) is 19.3 Å². The number of nitrogens with one attached hydrogen (secondary N) is 1. The maximum atomic E-state index is 12.3. The van der Waals surface area contributed by atoms with Gasteiger partial charge in [-0.25, -0.2) is 0 Å². The molecule has 2 aliphatic rings. The third-order valence-electron chi connectivity index (χ3n) is 3.81. The summed E-state index contributed by atoms with van der Waals surface area (Å²) in [5.41, 5.74) is 0.994. The number of amides is 2. The molecule has 0 radical (unpaired) electrons. The number of hydrogen-bond donors (Lipinski definition) is 2. The Morgan fingerprint density at radius 2 is 1.95 bits per heavy atom. The van der Waals surface area contributed by atoms with E-state index in [9.17, 15) is 14.7 Å². The summed E-state index contributed by atoms with van der Waals surface area (Å²) in [5.74, 6) is -0.337. The van der Waals surface area contributed by atoms with Crippen molar-refractivity contribution in [2.45, 2.75) is 37.6 Å². The van der Waals surface area contributed by atoms with Crippen LogP contribution in [0.1, 0.15) is 18.4 Å². The summed E-state index contributed by atoms with van der Waals surface area (Å²) in [6, 6.07) is 8.49. The SMILES string of the molecule is O=C1N[C@@H](Cc2ccccc2)C(=O)N2[C@@H](O)CC[C@@H]12. The summed E-state index contributed by atoms with van der Waals surface area (Å²) in [6.45, 7) is 0. The Morgan fingerprint density at radius 3 is 2.68 bits per heavy atom. The Morgan fingerprint density at radius 1 is 1.21 bits per heavy atom. The van der Waals surface area contributed by atoms with Crippen LogP contribution < -0.4 is 5.32 Å². The van der Waals surface area contributed by atoms with E-state index < -0.39 is 18.3 Å². The van der Waals surface area contributed by atoms with Crippen LogP contribution in [0.2, 0.25) is 0 Å². The number of benzene rings is 1. The van der Waals surface area contributed by atoms with Crippen molar-refractivity contribution in [3.8, 4) is 0 Å². The molecule has 0 saturated carbocycles. The van der Waals surface area contributed by atoms with E-state index in [1.54, 1.807) is 0 Å². The average Bonchev–Trinajstić information content (AvgIpc) is 2.80. The first-order valence-corrected chi connectivity index (χ1v) is 6.51. The topological polar surface area (TPSA) is 69.6 Å². The van der Waals surface area contributed by atoms with Gasteiger partial charge in [0.15, 0.2) is 0 Å². The maximum absolute atomic E-state index is 12.3. The van der Waals surface area contributed by atoms with Gasteiger partial charge in [0.2, 0.25) is 11.8 Å². The minimum absolute atomic E-state index is 0.155. The predicted octanol–water partition coefficient (Wildman–Crippen LogP) is 0.0369. The summed E-state index contributed by atoms with van der Waals surface area (Å²) in [7, 11) is 0. The highest BCUT2D eigenvalue weighted by molar-refractivity contribution is 5.97. The van der Waals surface area contributed by atoms with Crippen LogP contribution >= 0.6 is 0 Å². The molecule has 0 bridgehead atoms. The highest BCUT2D eigenvalue weighted by atomic mass is 16.3. The Hall–Kier alpha value is -1.88. The van der Waals surface area contributed by atoms with Crippen molar-refractivity contribution < 1.29 is 14.7 Å². The van der Waals surface area contributed by atoms with Gasteiger partial charge < -0.3 is 15.3 Å². The lowest BCUT2D eigenvalue weighted by molar-refractivity contribution is -0.155. The normalized spacial score (nSPS) is 30.2. The fourth-order valence-electron chi connectivity index (χ4n) is 2.85. The summed E-state index contributed by atoms with van der Waals surface area (Å²) in [4.78, 5) is 25.6. The van der Waals surface area contributed by atoms with E-state index in [1.165, 1.54) is 4.90 Å². The van der Waals surface area contributed by atoms with Gasteiger partial charge in [0.1, 0.15) is 18.3 Å². The van der Waals surface area contributed by atoms with Crippen molar-refractivity contribution in [3.05, 3.63) is 35.9 Å². The van der Waals surface area contributed by atoms with Crippen LogP contribution in [0.4, 0.5) is 0 Å². The highest BCUT2D eigenvalue weighted by Crippen LogP contribution is 2.27. The first-order chi connectivity index (χ1) is 9.16. The van der Waals surface area contributed by atoms with Gasteiger partial charge in [-0.3, -0.25) is 9.59 Å². The summed E-state index contributed by atoms with van der Waals surface area (Å²) in [5, 5.41) is 12.6. The van der Waals surface area contributed by atoms with E-state index in [-0.39, 0.29) is 11.8 Å². The van der Waals surface area contributed by atoms with Crippen molar-refractivity contribution in [2.75, 3.05) is 0 Å². The van der Waals surface area contributed by atoms with Crippen LogP contribution in [0.5, 0.6) is 0 Å². The average molecular weight is 260 g/mol. The van der Waals surface area contributed by atoms with Crippen molar-refractivity contribution in [1.82, 2.24) is 10.2 Å². The van der Waals surface area contributed by atoms with Crippen LogP contribution in [0, 0.1) is 0 Å². The maximum Gasteiger partial charge on any atom is 0.248 e. The van der Waals surface area contributed by atoms with Crippen molar-refractivity contribution in [3.63, 3.8) is 0 Å². The molecule has 2 amide bonds. The fourth-order valence-corrected chi connectivity index (χ4v) is 2.85. The zero-order chi connectivity index (χ0) is 13.4. The predicted molar refractivity (Wildman–Crippen MR) is 68.0 cm³/mol. The molecule has 1 aromatic carbocycles. The van der Waals surface area contributed by atoms with Crippen molar-refractivity contribution in [1.29, 1.82) is 0 Å². The molecule has 2 heterocycles. The van der Waals surface area contributed by atoms with Gasteiger partial charge in [-0.2, -0.15) is 0 Å². The van der Waals surface area contributed by atoms with Gasteiger partial charge in [0, 0.05) is 6.42 Å². The Balaban J connectivity index is 1.80.